The molecule has 0 aliphatic carbocycles. The maximum atomic E-state index is 5.84. The molecular weight excluding hydrogens is 298 g/mol. The van der Waals surface area contributed by atoms with Gasteiger partial charge in [0.25, 0.3) is 0 Å². The molecule has 0 radical (unpaired) electrons. The van der Waals surface area contributed by atoms with Gasteiger partial charge in [0, 0.05) is 34.9 Å². The Morgan fingerprint density at radius 3 is 2.75 bits per heavy atom. The molecule has 0 bridgehead atoms. The lowest BCUT2D eigenvalue weighted by molar-refractivity contribution is 0.319. The lowest BCUT2D eigenvalue weighted by atomic mass is 9.96. The van der Waals surface area contributed by atoms with Crippen molar-refractivity contribution in [3.63, 3.8) is 0 Å². The molecule has 3 rings (SSSR count). The van der Waals surface area contributed by atoms with Crippen LogP contribution in [-0.2, 0) is 0 Å². The molecule has 0 aliphatic rings. The molecule has 0 saturated carbocycles. The van der Waals surface area contributed by atoms with Crippen LogP contribution in [0.4, 0.5) is 0 Å². The van der Waals surface area contributed by atoms with Crippen molar-refractivity contribution in [2.45, 2.75) is 26.7 Å². The molecule has 4 nitrogen and oxygen atoms in total. The zero-order chi connectivity index (χ0) is 17.1. The van der Waals surface area contributed by atoms with Crippen LogP contribution in [0.3, 0.4) is 0 Å². The second-order valence-electron chi connectivity index (χ2n) is 6.41. The van der Waals surface area contributed by atoms with Crippen LogP contribution in [-0.4, -0.2) is 30.2 Å². The summed E-state index contributed by atoms with van der Waals surface area (Å²) in [7, 11) is 1.93. The highest BCUT2D eigenvalue weighted by atomic mass is 16.5. The Morgan fingerprint density at radius 1 is 1.21 bits per heavy atom. The molecule has 3 aromatic rings. The smallest absolute Gasteiger partial charge is 0.120 e. The van der Waals surface area contributed by atoms with Crippen LogP contribution in [0.1, 0.15) is 31.0 Å². The molecule has 0 fully saturated rings. The van der Waals surface area contributed by atoms with Crippen molar-refractivity contribution in [2.24, 2.45) is 0 Å². The summed E-state index contributed by atoms with van der Waals surface area (Å²) >= 11 is 0. The molecule has 2 N–H and O–H groups in total. The molecule has 0 atom stereocenters. The maximum Gasteiger partial charge on any atom is 0.120 e. The topological polar surface area (TPSA) is 49.9 Å². The number of hydrogen-bond acceptors (Lipinski definition) is 3. The number of benzene rings is 1. The van der Waals surface area contributed by atoms with E-state index < -0.39 is 0 Å². The highest BCUT2D eigenvalue weighted by molar-refractivity contribution is 5.92. The van der Waals surface area contributed by atoms with Gasteiger partial charge in [-0.25, -0.2) is 0 Å². The van der Waals surface area contributed by atoms with Gasteiger partial charge in [-0.1, -0.05) is 13.8 Å². The number of pyridine rings is 1. The quantitative estimate of drug-likeness (QED) is 0.666. The summed E-state index contributed by atoms with van der Waals surface area (Å²) in [6, 6.07) is 10.5. The van der Waals surface area contributed by atoms with Gasteiger partial charge in [0.05, 0.1) is 5.69 Å². The van der Waals surface area contributed by atoms with E-state index in [0.29, 0.717) is 12.5 Å². The number of ether oxygens (including phenoxy) is 1. The minimum Gasteiger partial charge on any atom is -0.492 e. The first-order valence-electron chi connectivity index (χ1n) is 8.46. The summed E-state index contributed by atoms with van der Waals surface area (Å²) in [4.78, 5) is 7.90. The average molecular weight is 323 g/mol. The summed E-state index contributed by atoms with van der Waals surface area (Å²) in [5, 5.41) is 4.33. The Bertz CT molecular complexity index is 836. The zero-order valence-electron chi connectivity index (χ0n) is 14.8. The first-order chi connectivity index (χ1) is 11.6. The fourth-order valence-corrected chi connectivity index (χ4v) is 3.08. The molecule has 2 aromatic heterocycles. The summed E-state index contributed by atoms with van der Waals surface area (Å²) in [6.07, 6.45) is 1.87. The SMILES string of the molecule is CNCCOc1ccc2[nH]c(-c3ccnc(C)c3)c(C(C)C)c2c1. The molecule has 1 aromatic carbocycles. The summed E-state index contributed by atoms with van der Waals surface area (Å²) < 4.78 is 5.84. The first kappa shape index (κ1) is 16.5. The van der Waals surface area contributed by atoms with Gasteiger partial charge in [-0.3, -0.25) is 4.98 Å². The van der Waals surface area contributed by atoms with E-state index in [1.165, 1.54) is 22.2 Å². The van der Waals surface area contributed by atoms with Gasteiger partial charge in [0.2, 0.25) is 0 Å². The molecule has 126 valence electrons. The Morgan fingerprint density at radius 2 is 2.04 bits per heavy atom. The van der Waals surface area contributed by atoms with Crippen LogP contribution in [0.5, 0.6) is 5.75 Å². The molecule has 0 aliphatic heterocycles. The molecule has 0 unspecified atom stereocenters. The van der Waals surface area contributed by atoms with Crippen molar-refractivity contribution >= 4 is 10.9 Å². The van der Waals surface area contributed by atoms with E-state index in [1.54, 1.807) is 0 Å². The van der Waals surface area contributed by atoms with Crippen molar-refractivity contribution in [3.05, 3.63) is 47.8 Å². The van der Waals surface area contributed by atoms with Crippen LogP contribution in [0.2, 0.25) is 0 Å². The minimum atomic E-state index is 0.412. The van der Waals surface area contributed by atoms with Crippen molar-refractivity contribution in [1.29, 1.82) is 0 Å². The van der Waals surface area contributed by atoms with Crippen molar-refractivity contribution in [3.8, 4) is 17.0 Å². The third-order valence-electron chi connectivity index (χ3n) is 4.19. The number of nitrogens with zero attached hydrogens (tertiary/aromatic N) is 1. The van der Waals surface area contributed by atoms with E-state index in [2.05, 4.69) is 53.4 Å². The van der Waals surface area contributed by atoms with Gasteiger partial charge in [-0.2, -0.15) is 0 Å². The van der Waals surface area contributed by atoms with Crippen molar-refractivity contribution in [1.82, 2.24) is 15.3 Å². The molecule has 4 heteroatoms. The van der Waals surface area contributed by atoms with Crippen LogP contribution in [0, 0.1) is 6.92 Å². The Balaban J connectivity index is 2.08. The monoisotopic (exact) mass is 323 g/mol. The predicted octanol–water partition coefficient (Wildman–Crippen LogP) is 4.26. The first-order valence-corrected chi connectivity index (χ1v) is 8.46. The number of aromatic amines is 1. The summed E-state index contributed by atoms with van der Waals surface area (Å²) in [5.41, 5.74) is 5.86. The van der Waals surface area contributed by atoms with Gasteiger partial charge < -0.3 is 15.0 Å². The predicted molar refractivity (Wildman–Crippen MR) is 99.8 cm³/mol. The fraction of sp³-hybridized carbons (Fsp3) is 0.350. The number of aromatic nitrogens is 2. The zero-order valence-corrected chi connectivity index (χ0v) is 14.8. The Labute approximate surface area is 143 Å². The number of likely N-dealkylation sites (N-methyl/N-ethyl adjacent to an activating group) is 1. The second kappa shape index (κ2) is 7.05. The van der Waals surface area contributed by atoms with E-state index in [1.807, 2.05) is 26.2 Å². The lowest BCUT2D eigenvalue weighted by Gasteiger charge is -2.10. The van der Waals surface area contributed by atoms with Crippen molar-refractivity contribution < 1.29 is 4.74 Å². The number of fused-ring (bicyclic) bond motifs is 1. The van der Waals surface area contributed by atoms with E-state index in [9.17, 15) is 0 Å². The number of H-pyrrole nitrogens is 1. The largest absolute Gasteiger partial charge is 0.492 e. The number of aryl methyl sites for hydroxylation is 1. The normalized spacial score (nSPS) is 11.4. The van der Waals surface area contributed by atoms with Gasteiger partial charge in [0.15, 0.2) is 0 Å². The van der Waals surface area contributed by atoms with E-state index in [4.69, 9.17) is 4.74 Å². The molecule has 0 spiro atoms. The molecule has 0 amide bonds. The van der Waals surface area contributed by atoms with E-state index in [0.717, 1.165) is 23.5 Å². The third-order valence-corrected chi connectivity index (χ3v) is 4.19. The minimum absolute atomic E-state index is 0.412. The van der Waals surface area contributed by atoms with Crippen LogP contribution >= 0.6 is 0 Å². The average Bonchev–Trinajstić information content (AvgIpc) is 2.94. The van der Waals surface area contributed by atoms with Gasteiger partial charge >= 0.3 is 0 Å². The highest BCUT2D eigenvalue weighted by Crippen LogP contribution is 2.37. The number of hydrogen-bond donors (Lipinski definition) is 2. The van der Waals surface area contributed by atoms with Gasteiger partial charge in [-0.15, -0.1) is 0 Å². The Hall–Kier alpha value is -2.33. The summed E-state index contributed by atoms with van der Waals surface area (Å²) in [6.45, 7) is 7.99. The molecule has 0 saturated heterocycles. The lowest BCUT2D eigenvalue weighted by Crippen LogP contribution is -2.15. The van der Waals surface area contributed by atoms with E-state index in [-0.39, 0.29) is 0 Å². The van der Waals surface area contributed by atoms with Crippen LogP contribution < -0.4 is 10.1 Å². The highest BCUT2D eigenvalue weighted by Gasteiger charge is 2.16. The van der Waals surface area contributed by atoms with Crippen LogP contribution in [0.15, 0.2) is 36.5 Å². The number of rotatable bonds is 6. The van der Waals surface area contributed by atoms with Crippen LogP contribution in [0.25, 0.3) is 22.2 Å². The fourth-order valence-electron chi connectivity index (χ4n) is 3.08. The Kier molecular flexibility index (Phi) is 4.86. The van der Waals surface area contributed by atoms with Gasteiger partial charge in [-0.05, 0) is 55.8 Å². The van der Waals surface area contributed by atoms with Gasteiger partial charge in [0.1, 0.15) is 12.4 Å². The standard InChI is InChI=1S/C20H25N3O/c1-13(2)19-17-12-16(24-10-9-21-4)5-6-18(17)23-20(19)15-7-8-22-14(3)11-15/h5-8,11-13,21,23H,9-10H2,1-4H3. The second-order valence-corrected chi connectivity index (χ2v) is 6.41. The maximum absolute atomic E-state index is 5.84. The molecular formula is C20H25N3O. The summed E-state index contributed by atoms with van der Waals surface area (Å²) in [5.74, 6) is 1.32. The van der Waals surface area contributed by atoms with E-state index >= 15 is 0 Å². The molecule has 24 heavy (non-hydrogen) atoms. The third kappa shape index (κ3) is 3.29. The molecule has 2 heterocycles. The number of nitrogens with one attached hydrogen (secondary N) is 2. The van der Waals surface area contributed by atoms with Crippen molar-refractivity contribution in [2.75, 3.05) is 20.2 Å².